The molecule has 0 spiro atoms. The van der Waals surface area contributed by atoms with Crippen molar-refractivity contribution in [2.45, 2.75) is 37.8 Å². The Balaban J connectivity index is 1.77. The molecule has 1 atom stereocenters. The summed E-state index contributed by atoms with van der Waals surface area (Å²) in [5.74, 6) is 2.20. The third kappa shape index (κ3) is 3.52. The Bertz CT molecular complexity index is 735. The highest BCUT2D eigenvalue weighted by molar-refractivity contribution is 7.99. The number of nitrogens with zero attached hydrogens (tertiary/aromatic N) is 4. The zero-order chi connectivity index (χ0) is 17.3. The number of thiophene rings is 1. The molecule has 1 amide bonds. The molecule has 0 aromatic carbocycles. The molecule has 2 aromatic rings. The molecule has 0 fully saturated rings. The Kier molecular flexibility index (Phi) is 5.30. The van der Waals surface area contributed by atoms with Crippen LogP contribution in [-0.2, 0) is 24.7 Å². The summed E-state index contributed by atoms with van der Waals surface area (Å²) in [6.07, 6.45) is 4.94. The van der Waals surface area contributed by atoms with E-state index in [1.807, 2.05) is 23.0 Å². The second kappa shape index (κ2) is 7.27. The van der Waals surface area contributed by atoms with E-state index < -0.39 is 0 Å². The number of hydrogen-bond acceptors (Lipinski definition) is 5. The van der Waals surface area contributed by atoms with E-state index in [0.717, 1.165) is 16.9 Å². The van der Waals surface area contributed by atoms with Gasteiger partial charge in [-0.3, -0.25) is 4.79 Å². The lowest BCUT2D eigenvalue weighted by Gasteiger charge is -2.19. The number of fused-ring (bicyclic) bond motifs is 1. The average molecular weight is 365 g/mol. The van der Waals surface area contributed by atoms with Crippen LogP contribution in [0, 0.1) is 5.92 Å². The quantitative estimate of drug-likeness (QED) is 0.764. The Morgan fingerprint density at radius 1 is 1.46 bits per heavy atom. The normalized spacial score (nSPS) is 16.9. The summed E-state index contributed by atoms with van der Waals surface area (Å²) in [7, 11) is 5.51. The summed E-state index contributed by atoms with van der Waals surface area (Å²) in [4.78, 5) is 16.0. The average Bonchev–Trinajstić information content (AvgIpc) is 3.14. The van der Waals surface area contributed by atoms with E-state index in [0.29, 0.717) is 5.75 Å². The number of carbonyl (C=O) groups excluding carboxylic acids is 1. The molecule has 0 N–H and O–H groups in total. The molecule has 1 aliphatic rings. The van der Waals surface area contributed by atoms with Crippen molar-refractivity contribution in [1.29, 1.82) is 0 Å². The van der Waals surface area contributed by atoms with Crippen LogP contribution in [0.1, 0.15) is 30.2 Å². The van der Waals surface area contributed by atoms with Crippen molar-refractivity contribution in [3.8, 4) is 10.7 Å². The fourth-order valence-corrected chi connectivity index (χ4v) is 5.09. The van der Waals surface area contributed by atoms with E-state index in [4.69, 9.17) is 0 Å². The predicted octanol–water partition coefficient (Wildman–Crippen LogP) is 3.24. The molecule has 0 bridgehead atoms. The molecule has 0 radical (unpaired) electrons. The summed E-state index contributed by atoms with van der Waals surface area (Å²) in [6.45, 7) is 2.28. The highest BCUT2D eigenvalue weighted by Gasteiger charge is 2.22. The number of thioether (sulfide) groups is 1. The number of aryl methyl sites for hydroxylation is 1. The molecule has 2 aromatic heterocycles. The molecule has 0 saturated heterocycles. The van der Waals surface area contributed by atoms with Crippen LogP contribution in [0.2, 0.25) is 0 Å². The largest absolute Gasteiger partial charge is 0.348 e. The SMILES string of the molecule is CC[C@@H]1CCc2sc(-c3nnc(SCC(=O)N(C)C)n3C)cc2C1. The summed E-state index contributed by atoms with van der Waals surface area (Å²) in [5, 5.41) is 9.43. The van der Waals surface area contributed by atoms with E-state index in [1.54, 1.807) is 19.0 Å². The molecular formula is C17H24N4OS2. The lowest BCUT2D eigenvalue weighted by atomic mass is 9.87. The maximum atomic E-state index is 11.7. The first-order chi connectivity index (χ1) is 11.5. The van der Waals surface area contributed by atoms with Crippen LogP contribution in [0.15, 0.2) is 11.2 Å². The van der Waals surface area contributed by atoms with Gasteiger partial charge in [0.15, 0.2) is 11.0 Å². The molecule has 130 valence electrons. The minimum atomic E-state index is 0.0849. The topological polar surface area (TPSA) is 51.0 Å². The molecule has 0 saturated carbocycles. The van der Waals surface area contributed by atoms with Crippen LogP contribution in [0.3, 0.4) is 0 Å². The Morgan fingerprint density at radius 3 is 2.96 bits per heavy atom. The van der Waals surface area contributed by atoms with Gasteiger partial charge in [0.2, 0.25) is 5.91 Å². The van der Waals surface area contributed by atoms with Gasteiger partial charge in [0, 0.05) is 26.0 Å². The maximum absolute atomic E-state index is 11.7. The number of hydrogen-bond donors (Lipinski definition) is 0. The minimum Gasteiger partial charge on any atom is -0.348 e. The molecule has 24 heavy (non-hydrogen) atoms. The molecule has 0 unspecified atom stereocenters. The minimum absolute atomic E-state index is 0.0849. The molecule has 5 nitrogen and oxygen atoms in total. The maximum Gasteiger partial charge on any atom is 0.232 e. The van der Waals surface area contributed by atoms with Crippen molar-refractivity contribution in [2.75, 3.05) is 19.8 Å². The van der Waals surface area contributed by atoms with E-state index in [2.05, 4.69) is 23.2 Å². The molecule has 2 heterocycles. The van der Waals surface area contributed by atoms with Gasteiger partial charge < -0.3 is 9.47 Å². The Hall–Kier alpha value is -1.34. The van der Waals surface area contributed by atoms with E-state index in [1.165, 1.54) is 52.8 Å². The molecule has 1 aliphatic carbocycles. The summed E-state index contributed by atoms with van der Waals surface area (Å²) in [5.41, 5.74) is 1.49. The van der Waals surface area contributed by atoms with Gasteiger partial charge in [0.25, 0.3) is 0 Å². The van der Waals surface area contributed by atoms with Gasteiger partial charge in [-0.25, -0.2) is 0 Å². The van der Waals surface area contributed by atoms with Gasteiger partial charge in [0.05, 0.1) is 10.6 Å². The van der Waals surface area contributed by atoms with Crippen LogP contribution in [0.4, 0.5) is 0 Å². The van der Waals surface area contributed by atoms with Gasteiger partial charge in [0.1, 0.15) is 0 Å². The monoisotopic (exact) mass is 364 g/mol. The first-order valence-corrected chi connectivity index (χ1v) is 10.1. The smallest absolute Gasteiger partial charge is 0.232 e. The molecule has 3 rings (SSSR count). The fraction of sp³-hybridized carbons (Fsp3) is 0.588. The van der Waals surface area contributed by atoms with E-state index >= 15 is 0 Å². The van der Waals surface area contributed by atoms with Crippen molar-refractivity contribution in [1.82, 2.24) is 19.7 Å². The Labute approximate surface area is 151 Å². The van der Waals surface area contributed by atoms with Crippen molar-refractivity contribution in [3.63, 3.8) is 0 Å². The zero-order valence-corrected chi connectivity index (χ0v) is 16.3. The second-order valence-corrected chi connectivity index (χ2v) is 8.60. The molecule has 0 aliphatic heterocycles. The highest BCUT2D eigenvalue weighted by atomic mass is 32.2. The fourth-order valence-electron chi connectivity index (χ4n) is 2.97. The van der Waals surface area contributed by atoms with E-state index in [-0.39, 0.29) is 5.91 Å². The van der Waals surface area contributed by atoms with Crippen LogP contribution in [0.25, 0.3) is 10.7 Å². The summed E-state index contributed by atoms with van der Waals surface area (Å²) < 4.78 is 2.00. The van der Waals surface area contributed by atoms with Crippen LogP contribution in [0.5, 0.6) is 0 Å². The first kappa shape index (κ1) is 17.5. The van der Waals surface area contributed by atoms with Gasteiger partial charge in [-0.05, 0) is 36.8 Å². The number of aromatic nitrogens is 3. The van der Waals surface area contributed by atoms with Gasteiger partial charge in [-0.1, -0.05) is 25.1 Å². The third-order valence-electron chi connectivity index (χ3n) is 4.64. The lowest BCUT2D eigenvalue weighted by molar-refractivity contribution is -0.125. The van der Waals surface area contributed by atoms with E-state index in [9.17, 15) is 4.79 Å². The third-order valence-corrected chi connectivity index (χ3v) is 6.88. The van der Waals surface area contributed by atoms with Crippen molar-refractivity contribution < 1.29 is 4.79 Å². The van der Waals surface area contributed by atoms with Crippen molar-refractivity contribution >= 4 is 29.0 Å². The van der Waals surface area contributed by atoms with Crippen LogP contribution >= 0.6 is 23.1 Å². The second-order valence-electron chi connectivity index (χ2n) is 6.52. The predicted molar refractivity (Wildman–Crippen MR) is 99.5 cm³/mol. The highest BCUT2D eigenvalue weighted by Crippen LogP contribution is 2.37. The summed E-state index contributed by atoms with van der Waals surface area (Å²) in [6, 6.07) is 2.30. The molecular weight excluding hydrogens is 340 g/mol. The van der Waals surface area contributed by atoms with Crippen molar-refractivity contribution in [2.24, 2.45) is 13.0 Å². The first-order valence-electron chi connectivity index (χ1n) is 8.33. The van der Waals surface area contributed by atoms with Gasteiger partial charge in [-0.15, -0.1) is 21.5 Å². The summed E-state index contributed by atoms with van der Waals surface area (Å²) >= 11 is 3.29. The standard InChI is InChI=1S/C17H24N4OS2/c1-5-11-6-7-13-12(8-11)9-14(24-13)16-18-19-17(21(16)4)23-10-15(22)20(2)3/h9,11H,5-8,10H2,1-4H3/t11-/m1/s1. The van der Waals surface area contributed by atoms with Crippen LogP contribution in [-0.4, -0.2) is 45.4 Å². The van der Waals surface area contributed by atoms with Crippen molar-refractivity contribution in [3.05, 3.63) is 16.5 Å². The van der Waals surface area contributed by atoms with Crippen LogP contribution < -0.4 is 0 Å². The van der Waals surface area contributed by atoms with Gasteiger partial charge in [-0.2, -0.15) is 0 Å². The lowest BCUT2D eigenvalue weighted by Crippen LogP contribution is -2.23. The number of amides is 1. The zero-order valence-electron chi connectivity index (χ0n) is 14.7. The number of rotatable bonds is 5. The molecule has 7 heteroatoms. The number of carbonyl (C=O) groups is 1. The Morgan fingerprint density at radius 2 is 2.25 bits per heavy atom. The van der Waals surface area contributed by atoms with Gasteiger partial charge >= 0.3 is 0 Å².